The molecule has 0 saturated carbocycles. The third kappa shape index (κ3) is 4.18. The number of rotatable bonds is 7. The maximum Gasteiger partial charge on any atom is 0.323 e. The molecule has 0 atom stereocenters. The second kappa shape index (κ2) is 8.26. The van der Waals surface area contributed by atoms with Gasteiger partial charge in [0.15, 0.2) is 0 Å². The zero-order valence-electron chi connectivity index (χ0n) is 16.3. The normalized spacial score (nSPS) is 13.0. The van der Waals surface area contributed by atoms with Gasteiger partial charge in [-0.1, -0.05) is 30.3 Å². The van der Waals surface area contributed by atoms with Crippen molar-refractivity contribution < 1.29 is 24.3 Å². The molecule has 0 saturated heterocycles. The van der Waals surface area contributed by atoms with Crippen LogP contribution in [0.1, 0.15) is 50.5 Å². The molecule has 0 radical (unpaired) electrons. The number of aliphatic carboxylic acids is 1. The van der Waals surface area contributed by atoms with Crippen LogP contribution in [-0.2, 0) is 11.2 Å². The Kier molecular flexibility index (Phi) is 5.77. The highest BCUT2D eigenvalue weighted by Crippen LogP contribution is 2.25. The number of carboxylic acids is 1. The largest absolute Gasteiger partial charge is 0.480 e. The van der Waals surface area contributed by atoms with Crippen LogP contribution in [0.2, 0.25) is 0 Å². The summed E-state index contributed by atoms with van der Waals surface area (Å²) < 4.78 is 0. The van der Waals surface area contributed by atoms with E-state index in [-0.39, 0.29) is 35.2 Å². The summed E-state index contributed by atoms with van der Waals surface area (Å²) in [5.41, 5.74) is 1.63. The summed E-state index contributed by atoms with van der Waals surface area (Å²) in [7, 11) is 0. The van der Waals surface area contributed by atoms with Crippen molar-refractivity contribution in [2.45, 2.75) is 26.3 Å². The lowest BCUT2D eigenvalue weighted by atomic mass is 10.0. The zero-order valence-corrected chi connectivity index (χ0v) is 16.3. The third-order valence-electron chi connectivity index (χ3n) is 4.87. The molecule has 3 rings (SSSR count). The molecule has 0 spiro atoms. The van der Waals surface area contributed by atoms with Gasteiger partial charge in [-0.2, -0.15) is 0 Å². The van der Waals surface area contributed by atoms with Gasteiger partial charge in [-0.15, -0.1) is 0 Å². The Bertz CT molecular complexity index is 968. The lowest BCUT2D eigenvalue weighted by molar-refractivity contribution is -0.138. The topological polar surface area (TPSA) is 95.0 Å². The highest BCUT2D eigenvalue weighted by atomic mass is 16.4. The van der Waals surface area contributed by atoms with Crippen LogP contribution >= 0.6 is 0 Å². The first-order valence-electron chi connectivity index (χ1n) is 9.36. The van der Waals surface area contributed by atoms with E-state index in [9.17, 15) is 19.2 Å². The minimum absolute atomic E-state index is 0.174. The van der Waals surface area contributed by atoms with Crippen molar-refractivity contribution in [3.8, 4) is 0 Å². The fourth-order valence-corrected chi connectivity index (χ4v) is 3.31. The summed E-state index contributed by atoms with van der Waals surface area (Å²) in [4.78, 5) is 51.6. The average Bonchev–Trinajstić information content (AvgIpc) is 2.94. The molecule has 150 valence electrons. The summed E-state index contributed by atoms with van der Waals surface area (Å²) in [6.45, 7) is 3.24. The van der Waals surface area contributed by atoms with E-state index in [2.05, 4.69) is 0 Å². The molecule has 1 N–H and O–H groups in total. The molecule has 0 aliphatic carbocycles. The van der Waals surface area contributed by atoms with Gasteiger partial charge in [0.1, 0.15) is 6.54 Å². The minimum Gasteiger partial charge on any atom is -0.480 e. The number of carbonyl (C=O) groups excluding carboxylic acids is 3. The Hall–Kier alpha value is -3.48. The number of hydrogen-bond acceptors (Lipinski definition) is 4. The molecular formula is C22H22N2O5. The maximum absolute atomic E-state index is 12.8. The van der Waals surface area contributed by atoms with Crippen LogP contribution in [-0.4, -0.2) is 57.7 Å². The van der Waals surface area contributed by atoms with Gasteiger partial charge in [0.05, 0.1) is 11.1 Å². The fourth-order valence-electron chi connectivity index (χ4n) is 3.31. The molecule has 2 aromatic rings. The molecule has 1 heterocycles. The number of nitrogens with zero attached hydrogens (tertiary/aromatic N) is 2. The van der Waals surface area contributed by atoms with Gasteiger partial charge in [-0.3, -0.25) is 24.1 Å². The van der Waals surface area contributed by atoms with Crippen LogP contribution in [0.5, 0.6) is 0 Å². The van der Waals surface area contributed by atoms with E-state index < -0.39 is 24.3 Å². The summed E-state index contributed by atoms with van der Waals surface area (Å²) >= 11 is 0. The predicted octanol–water partition coefficient (Wildman–Crippen LogP) is 2.46. The van der Waals surface area contributed by atoms with Crippen molar-refractivity contribution in [3.05, 3.63) is 70.8 Å². The summed E-state index contributed by atoms with van der Waals surface area (Å²) in [5.74, 6) is -2.43. The maximum atomic E-state index is 12.8. The van der Waals surface area contributed by atoms with Gasteiger partial charge in [0.25, 0.3) is 17.7 Å². The molecule has 0 fully saturated rings. The molecule has 0 aromatic heterocycles. The van der Waals surface area contributed by atoms with E-state index >= 15 is 0 Å². The molecule has 1 aliphatic heterocycles. The van der Waals surface area contributed by atoms with E-state index in [1.54, 1.807) is 13.8 Å². The van der Waals surface area contributed by atoms with Crippen molar-refractivity contribution in [1.82, 2.24) is 9.80 Å². The van der Waals surface area contributed by atoms with Gasteiger partial charge in [-0.05, 0) is 44.0 Å². The Morgan fingerprint density at radius 1 is 1.00 bits per heavy atom. The Morgan fingerprint density at radius 3 is 2.28 bits per heavy atom. The number of hydrogen-bond donors (Lipinski definition) is 1. The molecule has 0 bridgehead atoms. The summed E-state index contributed by atoms with van der Waals surface area (Å²) in [6, 6.07) is 13.5. The van der Waals surface area contributed by atoms with Crippen LogP contribution in [0.15, 0.2) is 48.5 Å². The van der Waals surface area contributed by atoms with Crippen molar-refractivity contribution in [2.24, 2.45) is 0 Å². The zero-order chi connectivity index (χ0) is 21.1. The third-order valence-corrected chi connectivity index (χ3v) is 4.87. The number of carbonyl (C=O) groups is 4. The van der Waals surface area contributed by atoms with Gasteiger partial charge in [0.2, 0.25) is 0 Å². The van der Waals surface area contributed by atoms with E-state index in [1.165, 1.54) is 28.0 Å². The Balaban J connectivity index is 1.81. The second-order valence-electron chi connectivity index (χ2n) is 7.18. The number of amides is 3. The molecular weight excluding hydrogens is 372 g/mol. The minimum atomic E-state index is -1.12. The quantitative estimate of drug-likeness (QED) is 0.728. The Labute approximate surface area is 168 Å². The SMILES string of the molecule is CC(C)N(CC(=O)O)C(=O)c1ccc2c(c1)C(=O)N(CCc1ccccc1)C2=O. The van der Waals surface area contributed by atoms with E-state index in [4.69, 9.17) is 5.11 Å². The number of benzene rings is 2. The predicted molar refractivity (Wildman–Crippen MR) is 106 cm³/mol. The average molecular weight is 394 g/mol. The van der Waals surface area contributed by atoms with Gasteiger partial charge in [-0.25, -0.2) is 0 Å². The first kappa shape index (κ1) is 20.3. The van der Waals surface area contributed by atoms with E-state index in [1.807, 2.05) is 30.3 Å². The highest BCUT2D eigenvalue weighted by Gasteiger charge is 2.36. The standard InChI is InChI=1S/C22H22N2O5/c1-14(2)24(13-19(25)26)20(27)16-8-9-17-18(12-16)22(29)23(21(17)28)11-10-15-6-4-3-5-7-15/h3-9,12,14H,10-11,13H2,1-2H3,(H,25,26). The molecule has 29 heavy (non-hydrogen) atoms. The van der Waals surface area contributed by atoms with Crippen molar-refractivity contribution in [1.29, 1.82) is 0 Å². The summed E-state index contributed by atoms with van der Waals surface area (Å²) in [6.07, 6.45) is 0.540. The van der Waals surface area contributed by atoms with E-state index in [0.717, 1.165) is 5.56 Å². The van der Waals surface area contributed by atoms with E-state index in [0.29, 0.717) is 6.42 Å². The van der Waals surface area contributed by atoms with Crippen LogP contribution < -0.4 is 0 Å². The highest BCUT2D eigenvalue weighted by molar-refractivity contribution is 6.22. The summed E-state index contributed by atoms with van der Waals surface area (Å²) in [5, 5.41) is 9.05. The van der Waals surface area contributed by atoms with Crippen LogP contribution in [0.4, 0.5) is 0 Å². The molecule has 2 aromatic carbocycles. The van der Waals surface area contributed by atoms with Crippen molar-refractivity contribution in [3.63, 3.8) is 0 Å². The lowest BCUT2D eigenvalue weighted by Crippen LogP contribution is -2.40. The van der Waals surface area contributed by atoms with Crippen LogP contribution in [0, 0.1) is 0 Å². The van der Waals surface area contributed by atoms with Gasteiger partial charge < -0.3 is 10.0 Å². The molecule has 7 nitrogen and oxygen atoms in total. The smallest absolute Gasteiger partial charge is 0.323 e. The first-order chi connectivity index (χ1) is 13.8. The van der Waals surface area contributed by atoms with Crippen molar-refractivity contribution >= 4 is 23.7 Å². The van der Waals surface area contributed by atoms with Crippen molar-refractivity contribution in [2.75, 3.05) is 13.1 Å². The molecule has 7 heteroatoms. The van der Waals surface area contributed by atoms with Crippen LogP contribution in [0.25, 0.3) is 0 Å². The van der Waals surface area contributed by atoms with Gasteiger partial charge >= 0.3 is 5.97 Å². The fraction of sp³-hybridized carbons (Fsp3) is 0.273. The molecule has 3 amide bonds. The van der Waals surface area contributed by atoms with Crippen LogP contribution in [0.3, 0.4) is 0 Å². The number of fused-ring (bicyclic) bond motifs is 1. The number of carboxylic acid groups (broad SMARTS) is 1. The number of imide groups is 1. The second-order valence-corrected chi connectivity index (χ2v) is 7.18. The Morgan fingerprint density at radius 2 is 1.66 bits per heavy atom. The first-order valence-corrected chi connectivity index (χ1v) is 9.36. The lowest BCUT2D eigenvalue weighted by Gasteiger charge is -2.25. The monoisotopic (exact) mass is 394 g/mol. The van der Waals surface area contributed by atoms with Gasteiger partial charge in [0, 0.05) is 18.2 Å². The molecule has 0 unspecified atom stereocenters. The molecule has 1 aliphatic rings.